The van der Waals surface area contributed by atoms with Gasteiger partial charge in [-0.05, 0) is 41.5 Å². The van der Waals surface area contributed by atoms with Gasteiger partial charge in [-0.2, -0.15) is 0 Å². The van der Waals surface area contributed by atoms with Gasteiger partial charge in [0.05, 0.1) is 7.11 Å². The predicted octanol–water partition coefficient (Wildman–Crippen LogP) is 3.26. The lowest BCUT2D eigenvalue weighted by Gasteiger charge is -2.07. The van der Waals surface area contributed by atoms with Gasteiger partial charge in [0.25, 0.3) is 0 Å². The Labute approximate surface area is 120 Å². The zero-order valence-corrected chi connectivity index (χ0v) is 11.8. The molecule has 1 heterocycles. The number of hydrogen-bond acceptors (Lipinski definition) is 3. The van der Waals surface area contributed by atoms with Gasteiger partial charge < -0.3 is 10.1 Å². The molecule has 104 valence electrons. The Morgan fingerprint density at radius 3 is 2.55 bits per heavy atom. The van der Waals surface area contributed by atoms with Crippen LogP contribution in [0.4, 0.5) is 0 Å². The Hall–Kier alpha value is -1.87. The Balaban J connectivity index is 1.51. The fourth-order valence-electron chi connectivity index (χ4n) is 2.35. The maximum absolute atomic E-state index is 5.12. The average Bonchev–Trinajstić information content (AvgIpc) is 3.33. The standard InChI is InChI=1S/C17H20N2O/c1-20-17-10-14(8-9-19-17)12-18-11-13-2-4-15(5-3-13)16-6-7-16/h2-5,8-10,16,18H,6-7,11-12H2,1H3. The Morgan fingerprint density at radius 1 is 1.10 bits per heavy atom. The summed E-state index contributed by atoms with van der Waals surface area (Å²) in [6, 6.07) is 13.0. The van der Waals surface area contributed by atoms with E-state index in [2.05, 4.69) is 34.6 Å². The topological polar surface area (TPSA) is 34.1 Å². The van der Waals surface area contributed by atoms with E-state index in [0.717, 1.165) is 19.0 Å². The van der Waals surface area contributed by atoms with Crippen LogP contribution in [0.1, 0.15) is 35.4 Å². The summed E-state index contributed by atoms with van der Waals surface area (Å²) in [5, 5.41) is 3.45. The van der Waals surface area contributed by atoms with Crippen LogP contribution in [-0.4, -0.2) is 12.1 Å². The molecule has 0 bridgehead atoms. The molecule has 3 nitrogen and oxygen atoms in total. The fraction of sp³-hybridized carbons (Fsp3) is 0.353. The summed E-state index contributed by atoms with van der Waals surface area (Å²) in [7, 11) is 1.64. The monoisotopic (exact) mass is 268 g/mol. The molecule has 0 aliphatic heterocycles. The zero-order chi connectivity index (χ0) is 13.8. The minimum absolute atomic E-state index is 0.665. The normalized spacial score (nSPS) is 14.2. The van der Waals surface area contributed by atoms with Gasteiger partial charge >= 0.3 is 0 Å². The number of benzene rings is 1. The molecule has 0 unspecified atom stereocenters. The molecule has 1 fully saturated rings. The highest BCUT2D eigenvalue weighted by Crippen LogP contribution is 2.39. The molecular weight excluding hydrogens is 248 g/mol. The second-order valence-corrected chi connectivity index (χ2v) is 5.33. The van der Waals surface area contributed by atoms with Crippen molar-refractivity contribution in [2.45, 2.75) is 31.8 Å². The molecule has 0 radical (unpaired) electrons. The first-order chi connectivity index (χ1) is 9.85. The molecule has 1 aromatic carbocycles. The molecule has 0 saturated heterocycles. The smallest absolute Gasteiger partial charge is 0.213 e. The predicted molar refractivity (Wildman–Crippen MR) is 79.7 cm³/mol. The van der Waals surface area contributed by atoms with Crippen molar-refractivity contribution < 1.29 is 4.74 Å². The molecule has 0 spiro atoms. The Kier molecular flexibility index (Phi) is 3.97. The molecule has 20 heavy (non-hydrogen) atoms. The lowest BCUT2D eigenvalue weighted by Crippen LogP contribution is -2.12. The summed E-state index contributed by atoms with van der Waals surface area (Å²) in [5.74, 6) is 1.50. The van der Waals surface area contributed by atoms with Gasteiger partial charge in [0, 0.05) is 25.4 Å². The average molecular weight is 268 g/mol. The van der Waals surface area contributed by atoms with Crippen LogP contribution < -0.4 is 10.1 Å². The third-order valence-corrected chi connectivity index (χ3v) is 3.70. The van der Waals surface area contributed by atoms with Crippen molar-refractivity contribution in [3.8, 4) is 5.88 Å². The first-order valence-electron chi connectivity index (χ1n) is 7.13. The van der Waals surface area contributed by atoms with Crippen molar-refractivity contribution in [1.29, 1.82) is 0 Å². The van der Waals surface area contributed by atoms with Gasteiger partial charge in [-0.1, -0.05) is 24.3 Å². The number of nitrogens with one attached hydrogen (secondary N) is 1. The molecule has 2 aromatic rings. The summed E-state index contributed by atoms with van der Waals surface area (Å²) in [6.07, 6.45) is 4.50. The van der Waals surface area contributed by atoms with Gasteiger partial charge in [-0.25, -0.2) is 4.98 Å². The molecule has 1 N–H and O–H groups in total. The van der Waals surface area contributed by atoms with Crippen LogP contribution in [0.25, 0.3) is 0 Å². The second-order valence-electron chi connectivity index (χ2n) is 5.33. The van der Waals surface area contributed by atoms with Crippen LogP contribution in [-0.2, 0) is 13.1 Å². The lowest BCUT2D eigenvalue weighted by atomic mass is 10.1. The lowest BCUT2D eigenvalue weighted by molar-refractivity contribution is 0.397. The highest BCUT2D eigenvalue weighted by molar-refractivity contribution is 5.28. The first-order valence-corrected chi connectivity index (χ1v) is 7.13. The number of hydrogen-bond donors (Lipinski definition) is 1. The van der Waals surface area contributed by atoms with Crippen molar-refractivity contribution in [2.75, 3.05) is 7.11 Å². The van der Waals surface area contributed by atoms with Crippen molar-refractivity contribution in [2.24, 2.45) is 0 Å². The van der Waals surface area contributed by atoms with Crippen molar-refractivity contribution >= 4 is 0 Å². The number of nitrogens with zero attached hydrogens (tertiary/aromatic N) is 1. The molecule has 3 heteroatoms. The van der Waals surface area contributed by atoms with Crippen LogP contribution in [0.2, 0.25) is 0 Å². The van der Waals surface area contributed by atoms with E-state index in [1.54, 1.807) is 13.3 Å². The summed E-state index contributed by atoms with van der Waals surface area (Å²) in [4.78, 5) is 4.11. The second kappa shape index (κ2) is 6.06. The molecule has 3 rings (SSSR count). The largest absolute Gasteiger partial charge is 0.481 e. The van der Waals surface area contributed by atoms with Gasteiger partial charge in [-0.15, -0.1) is 0 Å². The maximum atomic E-state index is 5.12. The first kappa shape index (κ1) is 13.1. The molecule has 1 saturated carbocycles. The van der Waals surface area contributed by atoms with E-state index in [1.807, 2.05) is 12.1 Å². The minimum Gasteiger partial charge on any atom is -0.481 e. The quantitative estimate of drug-likeness (QED) is 0.873. The van der Waals surface area contributed by atoms with E-state index >= 15 is 0 Å². The van der Waals surface area contributed by atoms with E-state index in [4.69, 9.17) is 4.74 Å². The summed E-state index contributed by atoms with van der Waals surface area (Å²) in [5.41, 5.74) is 4.01. The minimum atomic E-state index is 0.665. The number of pyridine rings is 1. The van der Waals surface area contributed by atoms with Crippen LogP contribution in [0.3, 0.4) is 0 Å². The maximum Gasteiger partial charge on any atom is 0.213 e. The van der Waals surface area contributed by atoms with E-state index < -0.39 is 0 Å². The summed E-state index contributed by atoms with van der Waals surface area (Å²) >= 11 is 0. The van der Waals surface area contributed by atoms with Gasteiger partial charge in [0.1, 0.15) is 0 Å². The SMILES string of the molecule is COc1cc(CNCc2ccc(C3CC3)cc2)ccn1. The van der Waals surface area contributed by atoms with E-state index in [9.17, 15) is 0 Å². The molecule has 0 atom stereocenters. The van der Waals surface area contributed by atoms with E-state index in [0.29, 0.717) is 5.88 Å². The molecular formula is C17H20N2O. The van der Waals surface area contributed by atoms with E-state index in [-0.39, 0.29) is 0 Å². The van der Waals surface area contributed by atoms with Crippen molar-refractivity contribution in [3.63, 3.8) is 0 Å². The molecule has 1 aliphatic carbocycles. The van der Waals surface area contributed by atoms with Crippen LogP contribution in [0, 0.1) is 0 Å². The number of ether oxygens (including phenoxy) is 1. The van der Waals surface area contributed by atoms with E-state index in [1.165, 1.54) is 29.5 Å². The molecule has 0 amide bonds. The van der Waals surface area contributed by atoms with Crippen LogP contribution in [0.5, 0.6) is 5.88 Å². The van der Waals surface area contributed by atoms with Crippen molar-refractivity contribution in [3.05, 3.63) is 59.3 Å². The van der Waals surface area contributed by atoms with Gasteiger partial charge in [0.2, 0.25) is 5.88 Å². The highest BCUT2D eigenvalue weighted by Gasteiger charge is 2.22. The number of rotatable bonds is 6. The van der Waals surface area contributed by atoms with Gasteiger partial charge in [-0.3, -0.25) is 0 Å². The fourth-order valence-corrected chi connectivity index (χ4v) is 2.35. The van der Waals surface area contributed by atoms with Crippen LogP contribution >= 0.6 is 0 Å². The number of aromatic nitrogens is 1. The Morgan fingerprint density at radius 2 is 1.85 bits per heavy atom. The molecule has 1 aliphatic rings. The number of methoxy groups -OCH3 is 1. The third-order valence-electron chi connectivity index (χ3n) is 3.70. The van der Waals surface area contributed by atoms with Crippen molar-refractivity contribution in [1.82, 2.24) is 10.3 Å². The third kappa shape index (κ3) is 3.36. The Bertz CT molecular complexity index is 561. The zero-order valence-electron chi connectivity index (χ0n) is 11.8. The molecule has 1 aromatic heterocycles. The summed E-state index contributed by atoms with van der Waals surface area (Å²) < 4.78 is 5.12. The highest BCUT2D eigenvalue weighted by atomic mass is 16.5. The summed E-state index contributed by atoms with van der Waals surface area (Å²) in [6.45, 7) is 1.71. The van der Waals surface area contributed by atoms with Crippen LogP contribution in [0.15, 0.2) is 42.6 Å². The van der Waals surface area contributed by atoms with Gasteiger partial charge in [0.15, 0.2) is 0 Å².